The van der Waals surface area contributed by atoms with Crippen molar-refractivity contribution in [3.63, 3.8) is 0 Å². The second-order valence-corrected chi connectivity index (χ2v) is 8.73. The summed E-state index contributed by atoms with van der Waals surface area (Å²) in [6.07, 6.45) is -0.0441. The minimum Gasteiger partial charge on any atom is -0.450 e. The Balaban J connectivity index is 1.53. The van der Waals surface area contributed by atoms with Crippen LogP contribution < -0.4 is 5.32 Å². The van der Waals surface area contributed by atoms with E-state index in [1.165, 1.54) is 0 Å². The fraction of sp³-hybridized carbons (Fsp3) is 0.348. The summed E-state index contributed by atoms with van der Waals surface area (Å²) < 4.78 is 5.02. The van der Waals surface area contributed by atoms with Gasteiger partial charge in [0.05, 0.1) is 17.9 Å². The number of halogens is 1. The van der Waals surface area contributed by atoms with Crippen molar-refractivity contribution in [3.8, 4) is 0 Å². The highest BCUT2D eigenvalue weighted by molar-refractivity contribution is 7.99. The molecule has 0 unspecified atom stereocenters. The molecule has 0 aromatic heterocycles. The third kappa shape index (κ3) is 6.64. The highest BCUT2D eigenvalue weighted by Gasteiger charge is 2.26. The van der Waals surface area contributed by atoms with E-state index in [0.29, 0.717) is 61.2 Å². The van der Waals surface area contributed by atoms with E-state index in [4.69, 9.17) is 16.3 Å². The molecule has 2 aromatic rings. The first-order valence-corrected chi connectivity index (χ1v) is 11.8. The number of nitrogens with one attached hydrogen (secondary N) is 1. The van der Waals surface area contributed by atoms with Crippen molar-refractivity contribution in [2.45, 2.75) is 18.2 Å². The molecule has 1 heterocycles. The summed E-state index contributed by atoms with van der Waals surface area (Å²) >= 11 is 7.46. The van der Waals surface area contributed by atoms with Crippen molar-refractivity contribution in [2.24, 2.45) is 0 Å². The minimum absolute atomic E-state index is 0.154. The zero-order valence-electron chi connectivity index (χ0n) is 17.9. The van der Waals surface area contributed by atoms with E-state index in [9.17, 15) is 14.4 Å². The summed E-state index contributed by atoms with van der Waals surface area (Å²) in [6.45, 7) is 3.75. The minimum atomic E-state index is -0.358. The first-order valence-electron chi connectivity index (χ1n) is 10.5. The van der Waals surface area contributed by atoms with E-state index < -0.39 is 0 Å². The molecule has 0 aliphatic carbocycles. The van der Waals surface area contributed by atoms with Gasteiger partial charge in [-0.05, 0) is 43.3 Å². The molecule has 3 amide bonds. The maximum atomic E-state index is 13.1. The smallest absolute Gasteiger partial charge is 0.409 e. The van der Waals surface area contributed by atoms with Crippen LogP contribution in [0.5, 0.6) is 0 Å². The van der Waals surface area contributed by atoms with Crippen LogP contribution in [0.25, 0.3) is 0 Å². The molecule has 0 radical (unpaired) electrons. The third-order valence-electron chi connectivity index (χ3n) is 4.94. The van der Waals surface area contributed by atoms with Crippen molar-refractivity contribution in [2.75, 3.05) is 43.9 Å². The molecular weight excluding hydrogens is 450 g/mol. The van der Waals surface area contributed by atoms with Gasteiger partial charge in [0.25, 0.3) is 5.91 Å². The van der Waals surface area contributed by atoms with Gasteiger partial charge in [0.2, 0.25) is 5.91 Å². The zero-order valence-corrected chi connectivity index (χ0v) is 19.5. The highest BCUT2D eigenvalue weighted by atomic mass is 35.5. The van der Waals surface area contributed by atoms with Gasteiger partial charge < -0.3 is 19.9 Å². The van der Waals surface area contributed by atoms with Gasteiger partial charge in [-0.3, -0.25) is 9.59 Å². The Bertz CT molecular complexity index is 947. The third-order valence-corrected chi connectivity index (χ3v) is 6.20. The molecule has 0 bridgehead atoms. The van der Waals surface area contributed by atoms with Crippen LogP contribution in [0.3, 0.4) is 0 Å². The number of thioether (sulfide) groups is 1. The fourth-order valence-electron chi connectivity index (χ4n) is 3.26. The van der Waals surface area contributed by atoms with E-state index in [1.807, 2.05) is 24.3 Å². The van der Waals surface area contributed by atoms with Crippen molar-refractivity contribution >= 4 is 47.0 Å². The Hall–Kier alpha value is -2.71. The summed E-state index contributed by atoms with van der Waals surface area (Å²) in [5.41, 5.74) is 0.933. The number of para-hydroxylation sites is 1. The lowest BCUT2D eigenvalue weighted by Gasteiger charge is -2.34. The van der Waals surface area contributed by atoms with Crippen molar-refractivity contribution in [3.05, 3.63) is 59.1 Å². The number of hydrogen-bond donors (Lipinski definition) is 1. The highest BCUT2D eigenvalue weighted by Crippen LogP contribution is 2.22. The van der Waals surface area contributed by atoms with Gasteiger partial charge in [0.1, 0.15) is 0 Å². The number of ether oxygens (including phenoxy) is 1. The molecule has 0 spiro atoms. The number of anilines is 1. The lowest BCUT2D eigenvalue weighted by atomic mass is 10.1. The van der Waals surface area contributed by atoms with E-state index in [1.54, 1.807) is 52.8 Å². The van der Waals surface area contributed by atoms with Gasteiger partial charge in [0, 0.05) is 48.3 Å². The van der Waals surface area contributed by atoms with E-state index >= 15 is 0 Å². The average Bonchev–Trinajstić information content (AvgIpc) is 2.80. The number of piperazine rings is 1. The Kier molecular flexibility index (Phi) is 8.81. The fourth-order valence-corrected chi connectivity index (χ4v) is 4.24. The van der Waals surface area contributed by atoms with Crippen molar-refractivity contribution in [1.29, 1.82) is 0 Å². The molecule has 170 valence electrons. The van der Waals surface area contributed by atoms with E-state index in [0.717, 1.165) is 4.90 Å². The summed E-state index contributed by atoms with van der Waals surface area (Å²) in [5.74, 6) is 0.290. The molecule has 2 aromatic carbocycles. The summed E-state index contributed by atoms with van der Waals surface area (Å²) in [6, 6.07) is 14.5. The number of benzene rings is 2. The molecule has 7 nitrogen and oxygen atoms in total. The molecule has 1 saturated heterocycles. The molecule has 0 atom stereocenters. The zero-order chi connectivity index (χ0) is 22.9. The van der Waals surface area contributed by atoms with Crippen LogP contribution in [0.2, 0.25) is 5.02 Å². The number of amides is 3. The Labute approximate surface area is 197 Å². The summed E-state index contributed by atoms with van der Waals surface area (Å²) in [5, 5.41) is 3.54. The number of hydrogen-bond acceptors (Lipinski definition) is 5. The number of nitrogens with zero attached hydrogens (tertiary/aromatic N) is 2. The number of carbonyl (C=O) groups excluding carboxylic acids is 3. The molecule has 32 heavy (non-hydrogen) atoms. The van der Waals surface area contributed by atoms with Crippen LogP contribution in [-0.2, 0) is 9.53 Å². The van der Waals surface area contributed by atoms with Crippen molar-refractivity contribution < 1.29 is 19.1 Å². The quantitative estimate of drug-likeness (QED) is 0.601. The normalized spacial score (nSPS) is 13.6. The van der Waals surface area contributed by atoms with Crippen LogP contribution in [0, 0.1) is 0 Å². The Morgan fingerprint density at radius 2 is 1.66 bits per heavy atom. The molecule has 1 fully saturated rings. The van der Waals surface area contributed by atoms with E-state index in [-0.39, 0.29) is 17.9 Å². The van der Waals surface area contributed by atoms with Crippen LogP contribution >= 0.6 is 23.4 Å². The van der Waals surface area contributed by atoms with Gasteiger partial charge in [-0.25, -0.2) is 4.79 Å². The molecule has 0 saturated carbocycles. The first kappa shape index (κ1) is 23.9. The molecule has 1 aliphatic heterocycles. The van der Waals surface area contributed by atoms with Crippen LogP contribution in [0.1, 0.15) is 23.7 Å². The molecule has 1 N–H and O–H groups in total. The second-order valence-electron chi connectivity index (χ2n) is 7.12. The van der Waals surface area contributed by atoms with Gasteiger partial charge in [0.15, 0.2) is 0 Å². The topological polar surface area (TPSA) is 79.0 Å². The lowest BCUT2D eigenvalue weighted by molar-refractivity contribution is -0.115. The van der Waals surface area contributed by atoms with E-state index in [2.05, 4.69) is 5.32 Å². The number of rotatable bonds is 7. The lowest BCUT2D eigenvalue weighted by Crippen LogP contribution is -2.50. The largest absolute Gasteiger partial charge is 0.450 e. The maximum absolute atomic E-state index is 13.1. The summed E-state index contributed by atoms with van der Waals surface area (Å²) in [7, 11) is 0. The van der Waals surface area contributed by atoms with Crippen LogP contribution in [0.4, 0.5) is 10.5 Å². The molecule has 3 rings (SSSR count). The van der Waals surface area contributed by atoms with Crippen LogP contribution in [-0.4, -0.2) is 66.2 Å². The maximum Gasteiger partial charge on any atom is 0.409 e. The van der Waals surface area contributed by atoms with Gasteiger partial charge >= 0.3 is 6.09 Å². The van der Waals surface area contributed by atoms with Gasteiger partial charge in [-0.1, -0.05) is 23.7 Å². The van der Waals surface area contributed by atoms with Gasteiger partial charge in [-0.15, -0.1) is 11.8 Å². The molecular formula is C23H26ClN3O4S. The summed E-state index contributed by atoms with van der Waals surface area (Å²) in [4.78, 5) is 41.7. The Morgan fingerprint density at radius 3 is 2.34 bits per heavy atom. The SMILES string of the molecule is CCOC(=O)N1CCN(C(=O)c2ccccc2NC(=O)CCSc2ccc(Cl)cc2)CC1. The number of carbonyl (C=O) groups is 3. The monoisotopic (exact) mass is 475 g/mol. The predicted octanol–water partition coefficient (Wildman–Crippen LogP) is 4.38. The molecule has 9 heteroatoms. The van der Waals surface area contributed by atoms with Crippen LogP contribution in [0.15, 0.2) is 53.4 Å². The van der Waals surface area contributed by atoms with Crippen molar-refractivity contribution in [1.82, 2.24) is 9.80 Å². The Morgan fingerprint density at radius 1 is 1.00 bits per heavy atom. The standard InChI is InChI=1S/C23H26ClN3O4S/c1-2-31-23(30)27-14-12-26(13-15-27)22(29)19-5-3-4-6-20(19)25-21(28)11-16-32-18-9-7-17(24)8-10-18/h3-10H,2,11-16H2,1H3,(H,25,28). The average molecular weight is 476 g/mol. The predicted molar refractivity (Wildman–Crippen MR) is 126 cm³/mol. The first-order chi connectivity index (χ1) is 15.5. The van der Waals surface area contributed by atoms with Gasteiger partial charge in [-0.2, -0.15) is 0 Å². The second kappa shape index (κ2) is 11.8. The molecule has 1 aliphatic rings.